The van der Waals surface area contributed by atoms with Crippen molar-refractivity contribution in [3.05, 3.63) is 64.7 Å². The number of hydrogen-bond donors (Lipinski definition) is 1. The summed E-state index contributed by atoms with van der Waals surface area (Å²) in [6.07, 6.45) is 9.40. The number of halogens is 1. The van der Waals surface area contributed by atoms with Crippen LogP contribution in [0.3, 0.4) is 0 Å². The second-order valence-electron chi connectivity index (χ2n) is 8.35. The molecule has 0 saturated heterocycles. The molecule has 0 saturated carbocycles. The van der Waals surface area contributed by atoms with Gasteiger partial charge in [0.2, 0.25) is 0 Å². The number of carbonyl (C=O) groups is 1. The third-order valence-electron chi connectivity index (χ3n) is 5.78. The molecule has 1 atom stereocenters. The molecule has 1 aliphatic heterocycles. The van der Waals surface area contributed by atoms with E-state index in [9.17, 15) is 4.79 Å². The van der Waals surface area contributed by atoms with E-state index < -0.39 is 0 Å². The minimum absolute atomic E-state index is 0.178. The number of rotatable bonds is 10. The van der Waals surface area contributed by atoms with Crippen LogP contribution in [-0.4, -0.2) is 23.3 Å². The number of amides is 2. The monoisotopic (exact) mass is 439 g/mol. The van der Waals surface area contributed by atoms with Gasteiger partial charge in [0.15, 0.2) is 0 Å². The highest BCUT2D eigenvalue weighted by molar-refractivity contribution is 6.30. The normalized spacial score (nSPS) is 15.8. The zero-order valence-corrected chi connectivity index (χ0v) is 19.5. The van der Waals surface area contributed by atoms with E-state index in [2.05, 4.69) is 31.3 Å². The first kappa shape index (κ1) is 23.3. The number of benzene rings is 2. The van der Waals surface area contributed by atoms with E-state index in [0.29, 0.717) is 11.6 Å². The van der Waals surface area contributed by atoms with Crippen molar-refractivity contribution < 1.29 is 4.79 Å². The summed E-state index contributed by atoms with van der Waals surface area (Å²) in [6.45, 7) is 5.02. The molecule has 5 heteroatoms. The maximum Gasteiger partial charge on any atom is 0.342 e. The molecule has 1 unspecified atom stereocenters. The first-order chi connectivity index (χ1) is 15.1. The summed E-state index contributed by atoms with van der Waals surface area (Å²) < 4.78 is 0. The number of carbonyl (C=O) groups excluding carboxylic acids is 1. The molecule has 2 amide bonds. The molecule has 2 aromatic rings. The maximum absolute atomic E-state index is 12.9. The third kappa shape index (κ3) is 6.83. The standard InChI is InChI=1S/C26H34ClN3O/c1-3-5-6-7-8-10-22-19-30(29-25(22)21-13-15-23(27)16-14-21)26(31)28-24-17-11-20(9-4-2)12-18-24/h11-18,22H,3-10,19H2,1-2H3,(H,28,31). The molecule has 0 bridgehead atoms. The van der Waals surface area contributed by atoms with Crippen LogP contribution in [0.1, 0.15) is 69.9 Å². The van der Waals surface area contributed by atoms with Crippen LogP contribution in [0.25, 0.3) is 0 Å². The first-order valence-corrected chi connectivity index (χ1v) is 12.0. The van der Waals surface area contributed by atoms with Crippen molar-refractivity contribution >= 4 is 29.0 Å². The lowest BCUT2D eigenvalue weighted by molar-refractivity contribution is 0.215. The Bertz CT molecular complexity index is 861. The average molecular weight is 440 g/mol. The van der Waals surface area contributed by atoms with E-state index >= 15 is 0 Å². The van der Waals surface area contributed by atoms with E-state index in [1.54, 1.807) is 5.01 Å². The molecule has 0 radical (unpaired) electrons. The van der Waals surface area contributed by atoms with E-state index in [1.165, 1.54) is 31.2 Å². The smallest absolute Gasteiger partial charge is 0.306 e. The highest BCUT2D eigenvalue weighted by Gasteiger charge is 2.30. The number of nitrogens with zero attached hydrogens (tertiary/aromatic N) is 2. The Balaban J connectivity index is 1.67. The number of nitrogens with one attached hydrogen (secondary N) is 1. The molecule has 1 aliphatic rings. The van der Waals surface area contributed by atoms with Crippen molar-refractivity contribution in [1.82, 2.24) is 5.01 Å². The van der Waals surface area contributed by atoms with Crippen LogP contribution in [0.2, 0.25) is 5.02 Å². The van der Waals surface area contributed by atoms with Crippen molar-refractivity contribution in [2.75, 3.05) is 11.9 Å². The summed E-state index contributed by atoms with van der Waals surface area (Å²) >= 11 is 6.07. The minimum atomic E-state index is -0.178. The van der Waals surface area contributed by atoms with Crippen molar-refractivity contribution in [3.8, 4) is 0 Å². The molecular formula is C26H34ClN3O. The van der Waals surface area contributed by atoms with Gasteiger partial charge in [-0.15, -0.1) is 0 Å². The molecule has 31 heavy (non-hydrogen) atoms. The molecule has 3 rings (SSSR count). The lowest BCUT2D eigenvalue weighted by Gasteiger charge is -2.16. The Hall–Kier alpha value is -2.33. The zero-order valence-electron chi connectivity index (χ0n) is 18.7. The van der Waals surface area contributed by atoms with Crippen LogP contribution >= 0.6 is 11.6 Å². The van der Waals surface area contributed by atoms with Crippen molar-refractivity contribution in [2.45, 2.75) is 65.2 Å². The molecule has 166 valence electrons. The quantitative estimate of drug-likeness (QED) is 0.382. The summed E-state index contributed by atoms with van der Waals surface area (Å²) in [5, 5.41) is 10.0. The largest absolute Gasteiger partial charge is 0.342 e. The SMILES string of the molecule is CCCCCCCC1CN(C(=O)Nc2ccc(CCC)cc2)N=C1c1ccc(Cl)cc1. The number of hydrazone groups is 1. The van der Waals surface area contributed by atoms with Crippen LogP contribution in [0.4, 0.5) is 10.5 Å². The number of hydrogen-bond acceptors (Lipinski definition) is 2. The summed E-state index contributed by atoms with van der Waals surface area (Å²) in [6, 6.07) is 15.7. The van der Waals surface area contributed by atoms with Crippen molar-refractivity contribution in [1.29, 1.82) is 0 Å². The van der Waals surface area contributed by atoms with E-state index in [4.69, 9.17) is 16.7 Å². The topological polar surface area (TPSA) is 44.7 Å². The second kappa shape index (κ2) is 11.9. The van der Waals surface area contributed by atoms with Crippen LogP contribution < -0.4 is 5.32 Å². The first-order valence-electron chi connectivity index (χ1n) is 11.6. The summed E-state index contributed by atoms with van der Waals surface area (Å²) in [5.41, 5.74) is 4.12. The molecule has 0 aliphatic carbocycles. The van der Waals surface area contributed by atoms with Gasteiger partial charge >= 0.3 is 6.03 Å². The Kier molecular flexibility index (Phi) is 8.96. The summed E-state index contributed by atoms with van der Waals surface area (Å²) in [4.78, 5) is 12.9. The lowest BCUT2D eigenvalue weighted by atomic mass is 9.92. The van der Waals surface area contributed by atoms with Gasteiger partial charge in [0.25, 0.3) is 0 Å². The highest BCUT2D eigenvalue weighted by atomic mass is 35.5. The maximum atomic E-state index is 12.9. The fraction of sp³-hybridized carbons (Fsp3) is 0.462. The average Bonchev–Trinajstić information content (AvgIpc) is 3.20. The Morgan fingerprint density at radius 1 is 1.00 bits per heavy atom. The van der Waals surface area contributed by atoms with Gasteiger partial charge in [-0.1, -0.05) is 88.2 Å². The van der Waals surface area contributed by atoms with Crippen LogP contribution in [-0.2, 0) is 6.42 Å². The number of unbranched alkanes of at least 4 members (excludes halogenated alkanes) is 4. The molecular weight excluding hydrogens is 406 g/mol. The van der Waals surface area contributed by atoms with Crippen LogP contribution in [0.15, 0.2) is 53.6 Å². The molecule has 0 fully saturated rings. The number of urea groups is 1. The molecule has 2 aromatic carbocycles. The van der Waals surface area contributed by atoms with Crippen LogP contribution in [0, 0.1) is 5.92 Å². The van der Waals surface area contributed by atoms with Gasteiger partial charge in [-0.3, -0.25) is 0 Å². The number of anilines is 1. The molecule has 1 heterocycles. The van der Waals surface area contributed by atoms with E-state index in [-0.39, 0.29) is 11.9 Å². The Morgan fingerprint density at radius 2 is 1.71 bits per heavy atom. The second-order valence-corrected chi connectivity index (χ2v) is 8.79. The van der Waals surface area contributed by atoms with E-state index in [0.717, 1.165) is 42.6 Å². The van der Waals surface area contributed by atoms with Crippen molar-refractivity contribution in [2.24, 2.45) is 11.0 Å². The van der Waals surface area contributed by atoms with Gasteiger partial charge in [0.1, 0.15) is 0 Å². The predicted molar refractivity (Wildman–Crippen MR) is 131 cm³/mol. The fourth-order valence-electron chi connectivity index (χ4n) is 4.04. The summed E-state index contributed by atoms with van der Waals surface area (Å²) in [5.74, 6) is 0.250. The molecule has 1 N–H and O–H groups in total. The van der Waals surface area contributed by atoms with Gasteiger partial charge < -0.3 is 5.32 Å². The number of aryl methyl sites for hydroxylation is 1. The van der Waals surface area contributed by atoms with Gasteiger partial charge in [-0.25, -0.2) is 9.80 Å². The molecule has 0 aromatic heterocycles. The summed E-state index contributed by atoms with van der Waals surface area (Å²) in [7, 11) is 0. The molecule has 4 nitrogen and oxygen atoms in total. The third-order valence-corrected chi connectivity index (χ3v) is 6.03. The predicted octanol–water partition coefficient (Wildman–Crippen LogP) is 7.52. The van der Waals surface area contributed by atoms with Crippen molar-refractivity contribution in [3.63, 3.8) is 0 Å². The van der Waals surface area contributed by atoms with E-state index in [1.807, 2.05) is 36.4 Å². The fourth-order valence-corrected chi connectivity index (χ4v) is 4.17. The highest BCUT2D eigenvalue weighted by Crippen LogP contribution is 2.26. The molecule has 0 spiro atoms. The minimum Gasteiger partial charge on any atom is -0.306 e. The van der Waals surface area contributed by atoms with Gasteiger partial charge in [-0.05, 0) is 48.2 Å². The van der Waals surface area contributed by atoms with Gasteiger partial charge in [0, 0.05) is 16.6 Å². The lowest BCUT2D eigenvalue weighted by Crippen LogP contribution is -2.30. The van der Waals surface area contributed by atoms with Gasteiger partial charge in [-0.2, -0.15) is 5.10 Å². The zero-order chi connectivity index (χ0) is 22.1. The Labute approximate surface area is 191 Å². The van der Waals surface area contributed by atoms with Crippen LogP contribution in [0.5, 0.6) is 0 Å². The Morgan fingerprint density at radius 3 is 2.39 bits per heavy atom. The van der Waals surface area contributed by atoms with Gasteiger partial charge in [0.05, 0.1) is 12.3 Å².